The summed E-state index contributed by atoms with van der Waals surface area (Å²) in [6.07, 6.45) is 4.99. The van der Waals surface area contributed by atoms with E-state index in [1.807, 2.05) is 11.3 Å². The molecule has 1 aromatic rings. The van der Waals surface area contributed by atoms with Crippen LogP contribution in [0, 0.1) is 0 Å². The third-order valence-corrected chi connectivity index (χ3v) is 3.55. The van der Waals surface area contributed by atoms with E-state index in [1.165, 1.54) is 30.0 Å². The van der Waals surface area contributed by atoms with Gasteiger partial charge >= 0.3 is 0 Å². The predicted octanol–water partition coefficient (Wildman–Crippen LogP) is 2.52. The van der Waals surface area contributed by atoms with E-state index in [4.69, 9.17) is 0 Å². The summed E-state index contributed by atoms with van der Waals surface area (Å²) in [6, 6.07) is 0.541. The Bertz CT molecular complexity index is 264. The van der Waals surface area contributed by atoms with Crippen LogP contribution in [0.1, 0.15) is 42.9 Å². The summed E-state index contributed by atoms with van der Waals surface area (Å²) in [4.78, 5) is 4.61. The molecule has 1 fully saturated rings. The van der Waals surface area contributed by atoms with E-state index < -0.39 is 0 Å². The van der Waals surface area contributed by atoms with Crippen LogP contribution in [0.25, 0.3) is 0 Å². The van der Waals surface area contributed by atoms with Gasteiger partial charge in [-0.3, -0.25) is 0 Å². The summed E-state index contributed by atoms with van der Waals surface area (Å²) >= 11 is 1.81. The number of hydrogen-bond acceptors (Lipinski definition) is 3. The molecule has 2 rings (SSSR count). The molecule has 3 heteroatoms. The first kappa shape index (κ1) is 9.16. The number of thiazole rings is 1. The summed E-state index contributed by atoms with van der Waals surface area (Å²) in [7, 11) is 0. The van der Waals surface area contributed by atoms with Crippen molar-refractivity contribution in [2.45, 2.75) is 38.6 Å². The molecule has 2 heterocycles. The number of hydrogen-bond donors (Lipinski definition) is 1. The van der Waals surface area contributed by atoms with E-state index in [2.05, 4.69) is 22.6 Å². The minimum absolute atomic E-state index is 0.541. The molecule has 1 aliphatic rings. The fraction of sp³-hybridized carbons (Fsp3) is 0.700. The van der Waals surface area contributed by atoms with Crippen molar-refractivity contribution in [3.05, 3.63) is 16.1 Å². The molecule has 0 bridgehead atoms. The van der Waals surface area contributed by atoms with Gasteiger partial charge in [0.2, 0.25) is 0 Å². The van der Waals surface area contributed by atoms with Gasteiger partial charge in [0.05, 0.1) is 11.7 Å². The van der Waals surface area contributed by atoms with Gasteiger partial charge in [0, 0.05) is 5.38 Å². The average molecular weight is 196 g/mol. The summed E-state index contributed by atoms with van der Waals surface area (Å²) in [6.45, 7) is 3.32. The Morgan fingerprint density at radius 2 is 2.54 bits per heavy atom. The summed E-state index contributed by atoms with van der Waals surface area (Å²) in [5.41, 5.74) is 1.24. The molecule has 2 nitrogen and oxygen atoms in total. The molecule has 0 saturated carbocycles. The van der Waals surface area contributed by atoms with E-state index in [0.717, 1.165) is 13.0 Å². The van der Waals surface area contributed by atoms with Crippen LogP contribution in [-0.2, 0) is 6.42 Å². The Kier molecular flexibility index (Phi) is 2.96. The van der Waals surface area contributed by atoms with E-state index >= 15 is 0 Å². The van der Waals surface area contributed by atoms with Gasteiger partial charge in [-0.15, -0.1) is 11.3 Å². The predicted molar refractivity (Wildman–Crippen MR) is 56.1 cm³/mol. The second-order valence-electron chi connectivity index (χ2n) is 3.53. The van der Waals surface area contributed by atoms with Crippen molar-refractivity contribution in [3.8, 4) is 0 Å². The minimum atomic E-state index is 0.541. The zero-order chi connectivity index (χ0) is 9.10. The second-order valence-corrected chi connectivity index (χ2v) is 4.42. The van der Waals surface area contributed by atoms with E-state index in [-0.39, 0.29) is 0 Å². The molecule has 13 heavy (non-hydrogen) atoms. The second kappa shape index (κ2) is 4.20. The Balaban J connectivity index is 2.05. The smallest absolute Gasteiger partial charge is 0.110 e. The lowest BCUT2D eigenvalue weighted by Crippen LogP contribution is -2.26. The van der Waals surface area contributed by atoms with Crippen LogP contribution in [0.15, 0.2) is 5.38 Å². The fourth-order valence-electron chi connectivity index (χ4n) is 1.71. The van der Waals surface area contributed by atoms with Gasteiger partial charge in [0.15, 0.2) is 0 Å². The molecule has 72 valence electrons. The van der Waals surface area contributed by atoms with Crippen LogP contribution in [0.5, 0.6) is 0 Å². The van der Waals surface area contributed by atoms with Crippen molar-refractivity contribution in [3.63, 3.8) is 0 Å². The van der Waals surface area contributed by atoms with E-state index in [0.29, 0.717) is 6.04 Å². The molecule has 0 spiro atoms. The number of nitrogens with zero attached hydrogens (tertiary/aromatic N) is 1. The Morgan fingerprint density at radius 1 is 1.62 bits per heavy atom. The van der Waals surface area contributed by atoms with Crippen LogP contribution < -0.4 is 5.32 Å². The zero-order valence-electron chi connectivity index (χ0n) is 8.05. The van der Waals surface area contributed by atoms with Gasteiger partial charge in [0.1, 0.15) is 5.01 Å². The molecule has 1 atom stereocenters. The lowest BCUT2D eigenvalue weighted by molar-refractivity contribution is 0.411. The molecule has 1 N–H and O–H groups in total. The quantitative estimate of drug-likeness (QED) is 0.786. The number of rotatable bonds is 2. The van der Waals surface area contributed by atoms with Gasteiger partial charge in [-0.2, -0.15) is 0 Å². The van der Waals surface area contributed by atoms with Crippen molar-refractivity contribution < 1.29 is 0 Å². The van der Waals surface area contributed by atoms with Crippen molar-refractivity contribution >= 4 is 11.3 Å². The standard InChI is InChI=1S/C10H16N2S/c1-2-8-7-13-10(12-8)9-5-3-4-6-11-9/h7,9,11H,2-6H2,1H3. The first-order valence-electron chi connectivity index (χ1n) is 5.08. The van der Waals surface area contributed by atoms with Gasteiger partial charge in [0.25, 0.3) is 0 Å². The minimum Gasteiger partial charge on any atom is -0.308 e. The van der Waals surface area contributed by atoms with Crippen molar-refractivity contribution in [1.29, 1.82) is 0 Å². The third kappa shape index (κ3) is 2.09. The van der Waals surface area contributed by atoms with Gasteiger partial charge < -0.3 is 5.32 Å². The van der Waals surface area contributed by atoms with Crippen LogP contribution in [0.2, 0.25) is 0 Å². The molecule has 0 amide bonds. The highest BCUT2D eigenvalue weighted by Crippen LogP contribution is 2.25. The maximum absolute atomic E-state index is 4.61. The molecule has 0 aromatic carbocycles. The highest BCUT2D eigenvalue weighted by Gasteiger charge is 2.17. The fourth-order valence-corrected chi connectivity index (χ4v) is 2.72. The van der Waals surface area contributed by atoms with Gasteiger partial charge in [-0.05, 0) is 25.8 Å². The summed E-state index contributed by atoms with van der Waals surface area (Å²) in [5.74, 6) is 0. The number of piperidine rings is 1. The highest BCUT2D eigenvalue weighted by molar-refractivity contribution is 7.09. The first-order valence-corrected chi connectivity index (χ1v) is 5.96. The average Bonchev–Trinajstić information content (AvgIpc) is 2.67. The first-order chi connectivity index (χ1) is 6.40. The molecule has 1 saturated heterocycles. The largest absolute Gasteiger partial charge is 0.308 e. The number of aromatic nitrogens is 1. The van der Waals surface area contributed by atoms with E-state index in [9.17, 15) is 0 Å². The molecular formula is C10H16N2S. The topological polar surface area (TPSA) is 24.9 Å². The third-order valence-electron chi connectivity index (χ3n) is 2.54. The Hall–Kier alpha value is -0.410. The van der Waals surface area contributed by atoms with Gasteiger partial charge in [-0.25, -0.2) is 4.98 Å². The summed E-state index contributed by atoms with van der Waals surface area (Å²) < 4.78 is 0. The van der Waals surface area contributed by atoms with Crippen molar-refractivity contribution in [2.75, 3.05) is 6.54 Å². The lowest BCUT2D eigenvalue weighted by Gasteiger charge is -2.21. The number of nitrogens with one attached hydrogen (secondary N) is 1. The molecule has 1 aromatic heterocycles. The van der Waals surface area contributed by atoms with Crippen molar-refractivity contribution in [2.24, 2.45) is 0 Å². The molecule has 1 aliphatic heterocycles. The zero-order valence-corrected chi connectivity index (χ0v) is 8.86. The lowest BCUT2D eigenvalue weighted by atomic mass is 10.1. The van der Waals surface area contributed by atoms with E-state index in [1.54, 1.807) is 0 Å². The molecule has 0 aliphatic carbocycles. The maximum atomic E-state index is 4.61. The monoisotopic (exact) mass is 196 g/mol. The highest BCUT2D eigenvalue weighted by atomic mass is 32.1. The van der Waals surface area contributed by atoms with Crippen molar-refractivity contribution in [1.82, 2.24) is 10.3 Å². The maximum Gasteiger partial charge on any atom is 0.110 e. The van der Waals surface area contributed by atoms with Crippen LogP contribution in [0.4, 0.5) is 0 Å². The van der Waals surface area contributed by atoms with Crippen LogP contribution in [0.3, 0.4) is 0 Å². The normalized spacial score (nSPS) is 23.3. The SMILES string of the molecule is CCc1csc(C2CCCCN2)n1. The Labute approximate surface area is 83.4 Å². The van der Waals surface area contributed by atoms with Crippen LogP contribution >= 0.6 is 11.3 Å². The van der Waals surface area contributed by atoms with Crippen LogP contribution in [-0.4, -0.2) is 11.5 Å². The molecule has 1 unspecified atom stereocenters. The molecular weight excluding hydrogens is 180 g/mol. The Morgan fingerprint density at radius 3 is 3.15 bits per heavy atom. The van der Waals surface area contributed by atoms with Gasteiger partial charge in [-0.1, -0.05) is 13.3 Å². The molecule has 0 radical (unpaired) electrons. The summed E-state index contributed by atoms with van der Waals surface area (Å²) in [5, 5.41) is 7.00. The number of aryl methyl sites for hydroxylation is 1.